The van der Waals surface area contributed by atoms with E-state index in [0.29, 0.717) is 6.04 Å². The lowest BCUT2D eigenvalue weighted by atomic mass is 10.0. The molecule has 1 unspecified atom stereocenters. The van der Waals surface area contributed by atoms with E-state index in [1.165, 1.54) is 16.0 Å². The Balaban J connectivity index is 2.01. The number of aryl methyl sites for hydroxylation is 2. The molecule has 0 saturated heterocycles. The van der Waals surface area contributed by atoms with Crippen LogP contribution in [0.15, 0.2) is 36.0 Å². The highest BCUT2D eigenvalue weighted by molar-refractivity contribution is 7.10. The van der Waals surface area contributed by atoms with E-state index in [9.17, 15) is 0 Å². The summed E-state index contributed by atoms with van der Waals surface area (Å²) in [4.78, 5) is 5.59. The second kappa shape index (κ2) is 6.66. The van der Waals surface area contributed by atoms with Gasteiger partial charge in [0.2, 0.25) is 0 Å². The van der Waals surface area contributed by atoms with E-state index in [2.05, 4.69) is 41.7 Å². The molecule has 2 heterocycles. The molecule has 3 heteroatoms. The van der Waals surface area contributed by atoms with Crippen molar-refractivity contribution in [3.63, 3.8) is 0 Å². The van der Waals surface area contributed by atoms with Gasteiger partial charge in [-0.15, -0.1) is 11.3 Å². The van der Waals surface area contributed by atoms with Crippen molar-refractivity contribution in [2.45, 2.75) is 32.7 Å². The van der Waals surface area contributed by atoms with Gasteiger partial charge in [-0.25, -0.2) is 0 Å². The van der Waals surface area contributed by atoms with E-state index in [4.69, 9.17) is 0 Å². The summed E-state index contributed by atoms with van der Waals surface area (Å²) in [5.41, 5.74) is 2.76. The van der Waals surface area contributed by atoms with Crippen molar-refractivity contribution in [1.29, 1.82) is 0 Å². The van der Waals surface area contributed by atoms with Gasteiger partial charge in [0, 0.05) is 23.3 Å². The number of nitrogens with one attached hydrogen (secondary N) is 1. The van der Waals surface area contributed by atoms with Gasteiger partial charge in [-0.05, 0) is 54.9 Å². The lowest BCUT2D eigenvalue weighted by Crippen LogP contribution is -2.21. The van der Waals surface area contributed by atoms with Gasteiger partial charge < -0.3 is 5.32 Å². The Hall–Kier alpha value is -1.19. The molecule has 1 atom stereocenters. The van der Waals surface area contributed by atoms with Crippen LogP contribution in [0.2, 0.25) is 0 Å². The van der Waals surface area contributed by atoms with Crippen molar-refractivity contribution < 1.29 is 0 Å². The molecule has 0 radical (unpaired) electrons. The van der Waals surface area contributed by atoms with Crippen molar-refractivity contribution in [2.24, 2.45) is 0 Å². The molecule has 0 fully saturated rings. The van der Waals surface area contributed by atoms with Crippen LogP contribution in [0.5, 0.6) is 0 Å². The molecule has 2 nitrogen and oxygen atoms in total. The first kappa shape index (κ1) is 13.2. The minimum atomic E-state index is 0.460. The van der Waals surface area contributed by atoms with Gasteiger partial charge in [0.05, 0.1) is 0 Å². The summed E-state index contributed by atoms with van der Waals surface area (Å²) in [7, 11) is 0. The van der Waals surface area contributed by atoms with Crippen LogP contribution in [-0.2, 0) is 6.42 Å². The third kappa shape index (κ3) is 3.40. The highest BCUT2D eigenvalue weighted by Gasteiger charge is 2.13. The number of nitrogens with zero attached hydrogens (tertiary/aromatic N) is 1. The molecular weight excluding hydrogens is 240 g/mol. The van der Waals surface area contributed by atoms with Crippen LogP contribution in [0.1, 0.15) is 35.4 Å². The van der Waals surface area contributed by atoms with Crippen LogP contribution in [0.25, 0.3) is 0 Å². The average molecular weight is 260 g/mol. The number of rotatable bonds is 6. The van der Waals surface area contributed by atoms with Crippen molar-refractivity contribution in [3.05, 3.63) is 52.0 Å². The summed E-state index contributed by atoms with van der Waals surface area (Å²) in [5, 5.41) is 5.76. The third-order valence-corrected chi connectivity index (χ3v) is 4.03. The minimum Gasteiger partial charge on any atom is -0.310 e. The lowest BCUT2D eigenvalue weighted by molar-refractivity contribution is 0.514. The Morgan fingerprint density at radius 1 is 1.39 bits per heavy atom. The smallest absolute Gasteiger partial charge is 0.0334 e. The summed E-state index contributed by atoms with van der Waals surface area (Å²) in [5.74, 6) is 0. The maximum atomic E-state index is 4.17. The van der Waals surface area contributed by atoms with Crippen LogP contribution in [0.3, 0.4) is 0 Å². The summed E-state index contributed by atoms with van der Waals surface area (Å²) in [6.45, 7) is 5.38. The molecule has 0 amide bonds. The van der Waals surface area contributed by atoms with Gasteiger partial charge in [-0.1, -0.05) is 13.0 Å². The molecule has 0 aliphatic rings. The van der Waals surface area contributed by atoms with Gasteiger partial charge in [-0.3, -0.25) is 4.98 Å². The molecule has 0 aliphatic heterocycles. The molecular formula is C15H20N2S. The quantitative estimate of drug-likeness (QED) is 0.856. The Labute approximate surface area is 113 Å². The summed E-state index contributed by atoms with van der Waals surface area (Å²) >= 11 is 1.83. The van der Waals surface area contributed by atoms with E-state index in [1.807, 2.05) is 29.8 Å². The molecule has 1 N–H and O–H groups in total. The molecule has 0 spiro atoms. The van der Waals surface area contributed by atoms with Crippen LogP contribution in [0.4, 0.5) is 0 Å². The lowest BCUT2D eigenvalue weighted by Gasteiger charge is -2.18. The minimum absolute atomic E-state index is 0.460. The Kier molecular flexibility index (Phi) is 4.90. The first-order valence-corrected chi connectivity index (χ1v) is 7.35. The molecule has 2 aromatic heterocycles. The second-order valence-electron chi connectivity index (χ2n) is 4.44. The van der Waals surface area contributed by atoms with Crippen molar-refractivity contribution >= 4 is 11.3 Å². The number of thiophene rings is 1. The van der Waals surface area contributed by atoms with Crippen molar-refractivity contribution in [1.82, 2.24) is 10.3 Å². The largest absolute Gasteiger partial charge is 0.310 e. The van der Waals surface area contributed by atoms with Gasteiger partial charge >= 0.3 is 0 Å². The van der Waals surface area contributed by atoms with E-state index < -0.39 is 0 Å². The number of hydrogen-bond donors (Lipinski definition) is 1. The maximum Gasteiger partial charge on any atom is 0.0334 e. The van der Waals surface area contributed by atoms with Crippen molar-refractivity contribution in [2.75, 3.05) is 6.54 Å². The third-order valence-electron chi connectivity index (χ3n) is 3.17. The highest BCUT2D eigenvalue weighted by atomic mass is 32.1. The van der Waals surface area contributed by atoms with Gasteiger partial charge in [0.25, 0.3) is 0 Å². The van der Waals surface area contributed by atoms with E-state index in [1.54, 1.807) is 0 Å². The van der Waals surface area contributed by atoms with Crippen LogP contribution in [0, 0.1) is 6.92 Å². The molecule has 0 aliphatic carbocycles. The molecule has 96 valence electrons. The van der Waals surface area contributed by atoms with E-state index in [0.717, 1.165) is 19.4 Å². The Morgan fingerprint density at radius 2 is 2.28 bits per heavy atom. The zero-order valence-electron chi connectivity index (χ0n) is 11.0. The molecule has 0 saturated carbocycles. The topological polar surface area (TPSA) is 24.9 Å². The van der Waals surface area contributed by atoms with Gasteiger partial charge in [0.15, 0.2) is 0 Å². The average Bonchev–Trinajstić information content (AvgIpc) is 2.82. The second-order valence-corrected chi connectivity index (χ2v) is 5.56. The Bertz CT molecular complexity index is 464. The summed E-state index contributed by atoms with van der Waals surface area (Å²) in [6.07, 6.45) is 5.98. The van der Waals surface area contributed by atoms with Crippen LogP contribution >= 0.6 is 11.3 Å². The highest BCUT2D eigenvalue weighted by Crippen LogP contribution is 2.26. The number of hydrogen-bond acceptors (Lipinski definition) is 3. The number of aromatic nitrogens is 1. The fraction of sp³-hybridized carbons (Fsp3) is 0.400. The number of pyridine rings is 1. The van der Waals surface area contributed by atoms with Crippen molar-refractivity contribution in [3.8, 4) is 0 Å². The molecule has 2 aromatic rings. The predicted octanol–water partition coefficient (Wildman–Crippen LogP) is 3.73. The monoisotopic (exact) mass is 260 g/mol. The maximum absolute atomic E-state index is 4.17. The first-order valence-electron chi connectivity index (χ1n) is 6.47. The molecule has 2 rings (SSSR count). The van der Waals surface area contributed by atoms with Gasteiger partial charge in [-0.2, -0.15) is 0 Å². The zero-order chi connectivity index (χ0) is 12.8. The fourth-order valence-electron chi connectivity index (χ4n) is 2.23. The summed E-state index contributed by atoms with van der Waals surface area (Å²) in [6, 6.07) is 6.86. The zero-order valence-corrected chi connectivity index (χ0v) is 11.8. The fourth-order valence-corrected chi connectivity index (χ4v) is 2.99. The first-order chi connectivity index (χ1) is 8.81. The summed E-state index contributed by atoms with van der Waals surface area (Å²) < 4.78 is 0. The Morgan fingerprint density at radius 3 is 2.89 bits per heavy atom. The van der Waals surface area contributed by atoms with Gasteiger partial charge in [0.1, 0.15) is 0 Å². The molecule has 0 aromatic carbocycles. The molecule has 18 heavy (non-hydrogen) atoms. The van der Waals surface area contributed by atoms with Crippen LogP contribution in [-0.4, -0.2) is 11.5 Å². The normalized spacial score (nSPS) is 12.6. The van der Waals surface area contributed by atoms with E-state index >= 15 is 0 Å². The van der Waals surface area contributed by atoms with Crippen LogP contribution < -0.4 is 5.32 Å². The SMILES string of the molecule is CCNC(CCc1cccnc1)c1ccsc1C. The standard InChI is InChI=1S/C15H20N2S/c1-3-17-15(14-8-10-18-12(14)2)7-6-13-5-4-9-16-11-13/h4-5,8-11,15,17H,3,6-7H2,1-2H3. The van der Waals surface area contributed by atoms with E-state index in [-0.39, 0.29) is 0 Å². The predicted molar refractivity (Wildman–Crippen MR) is 78.0 cm³/mol. The molecule has 0 bridgehead atoms.